The van der Waals surface area contributed by atoms with Crippen molar-refractivity contribution in [3.05, 3.63) is 0 Å². The van der Waals surface area contributed by atoms with E-state index < -0.39 is 74.1 Å². The summed E-state index contributed by atoms with van der Waals surface area (Å²) in [5.41, 5.74) is 0. The lowest BCUT2D eigenvalue weighted by atomic mass is 10.2. The van der Waals surface area contributed by atoms with E-state index in [1.165, 1.54) is 0 Å². The number of carbonyl (C=O) groups is 1. The van der Waals surface area contributed by atoms with Gasteiger partial charge in [0.15, 0.2) is 0 Å². The molecule has 1 unspecified atom stereocenters. The summed E-state index contributed by atoms with van der Waals surface area (Å²) in [5.74, 6) is -1.90. The molecule has 0 aliphatic rings. The normalized spacial score (nSPS) is 15.3. The van der Waals surface area contributed by atoms with Crippen LogP contribution in [0.4, 0.5) is 0 Å². The Morgan fingerprint density at radius 3 is 1.19 bits per heavy atom. The molecule has 162 valence electrons. The molecule has 9 N–H and O–H groups in total. The third kappa shape index (κ3) is 14.6. The summed E-state index contributed by atoms with van der Waals surface area (Å²) < 4.78 is 44.5. The van der Waals surface area contributed by atoms with Crippen LogP contribution in [0.1, 0.15) is 0 Å². The first-order chi connectivity index (χ1) is 11.7. The second kappa shape index (κ2) is 9.66. The van der Waals surface area contributed by atoms with Crippen LogP contribution >= 0.6 is 30.4 Å². The molecule has 0 aliphatic carbocycles. The number of carboxylic acids is 1. The molecule has 20 heteroatoms. The first kappa shape index (κ1) is 27.0. The van der Waals surface area contributed by atoms with E-state index in [0.29, 0.717) is 4.90 Å². The van der Waals surface area contributed by atoms with Crippen molar-refractivity contribution in [1.82, 2.24) is 9.80 Å². The van der Waals surface area contributed by atoms with Crippen molar-refractivity contribution < 1.29 is 67.3 Å². The van der Waals surface area contributed by atoms with Crippen molar-refractivity contribution in [3.63, 3.8) is 0 Å². The summed E-state index contributed by atoms with van der Waals surface area (Å²) in [6.07, 6.45) is -5.51. The highest BCUT2D eigenvalue weighted by Crippen LogP contribution is 2.43. The van der Waals surface area contributed by atoms with Crippen molar-refractivity contribution in [3.8, 4) is 0 Å². The maximum Gasteiger partial charge on any atom is 0.339 e. The third-order valence-corrected chi connectivity index (χ3v) is 5.66. The molecule has 0 saturated heterocycles. The standard InChI is InChI=1S/C7H20N2O14P4/c10-7(11)6(9(4-26(18,19)20)5-27(21,22)23)1-8(2-24(12,13)14)3-25(15,16)17/h6H,1-5H2,(H,10,11)(H2,12,13,14)(H2,15,16,17)(H2,18,19,20)(H2,21,22,23). The van der Waals surface area contributed by atoms with Gasteiger partial charge in [0.1, 0.15) is 31.2 Å². The van der Waals surface area contributed by atoms with Crippen molar-refractivity contribution >= 4 is 36.4 Å². The van der Waals surface area contributed by atoms with Gasteiger partial charge in [-0.25, -0.2) is 0 Å². The van der Waals surface area contributed by atoms with E-state index in [9.17, 15) is 28.2 Å². The van der Waals surface area contributed by atoms with Crippen LogP contribution in [0.25, 0.3) is 0 Å². The topological polar surface area (TPSA) is 274 Å². The minimum atomic E-state index is -5.03. The van der Waals surface area contributed by atoms with Crippen molar-refractivity contribution in [2.75, 3.05) is 31.7 Å². The molecular formula is C7H20N2O14P4. The van der Waals surface area contributed by atoms with Crippen molar-refractivity contribution in [2.24, 2.45) is 0 Å². The highest BCUT2D eigenvalue weighted by atomic mass is 31.2. The van der Waals surface area contributed by atoms with Gasteiger partial charge in [0.2, 0.25) is 0 Å². The molecule has 1 atom stereocenters. The third-order valence-electron chi connectivity index (χ3n) is 2.66. The Kier molecular flexibility index (Phi) is 9.66. The SMILES string of the molecule is O=C(O)C(CN(CP(=O)(O)O)CP(=O)(O)O)N(CP(=O)(O)O)CP(=O)(O)O. The molecule has 0 saturated carbocycles. The predicted molar refractivity (Wildman–Crippen MR) is 87.6 cm³/mol. The summed E-state index contributed by atoms with van der Waals surface area (Å²) in [7, 11) is -20.0. The highest BCUT2D eigenvalue weighted by molar-refractivity contribution is 7.53. The Morgan fingerprint density at radius 1 is 0.667 bits per heavy atom. The predicted octanol–water partition coefficient (Wildman–Crippen LogP) is -2.42. The Morgan fingerprint density at radius 2 is 0.963 bits per heavy atom. The van der Waals surface area contributed by atoms with Crippen LogP contribution in [0.15, 0.2) is 0 Å². The molecule has 0 heterocycles. The first-order valence-electron chi connectivity index (χ1n) is 6.56. The molecular weight excluding hydrogens is 460 g/mol. The van der Waals surface area contributed by atoms with Gasteiger partial charge in [0, 0.05) is 6.54 Å². The maximum atomic E-state index is 11.4. The zero-order valence-corrected chi connectivity index (χ0v) is 16.9. The van der Waals surface area contributed by atoms with Crippen LogP contribution in [-0.2, 0) is 23.1 Å². The highest BCUT2D eigenvalue weighted by Gasteiger charge is 2.38. The zero-order chi connectivity index (χ0) is 21.8. The first-order valence-corrected chi connectivity index (χ1v) is 13.7. The Bertz CT molecular complexity index is 654. The lowest BCUT2D eigenvalue weighted by molar-refractivity contribution is -0.143. The molecule has 0 aromatic carbocycles. The second-order valence-electron chi connectivity index (χ2n) is 5.52. The largest absolute Gasteiger partial charge is 0.480 e. The van der Waals surface area contributed by atoms with Gasteiger partial charge in [-0.15, -0.1) is 0 Å². The lowest BCUT2D eigenvalue weighted by Crippen LogP contribution is -2.49. The van der Waals surface area contributed by atoms with Crippen LogP contribution < -0.4 is 0 Å². The van der Waals surface area contributed by atoms with Crippen LogP contribution in [-0.4, -0.2) is 97.8 Å². The molecule has 0 aromatic rings. The van der Waals surface area contributed by atoms with Crippen LogP contribution in [0.5, 0.6) is 0 Å². The van der Waals surface area contributed by atoms with Crippen molar-refractivity contribution in [2.45, 2.75) is 6.04 Å². The lowest BCUT2D eigenvalue weighted by Gasteiger charge is -2.33. The van der Waals surface area contributed by atoms with Gasteiger partial charge in [-0.2, -0.15) is 0 Å². The van der Waals surface area contributed by atoms with Crippen LogP contribution in [0.2, 0.25) is 0 Å². The van der Waals surface area contributed by atoms with E-state index in [0.717, 1.165) is 0 Å². The smallest absolute Gasteiger partial charge is 0.339 e. The van der Waals surface area contributed by atoms with E-state index >= 15 is 0 Å². The second-order valence-corrected chi connectivity index (χ2v) is 12.0. The van der Waals surface area contributed by atoms with Crippen molar-refractivity contribution in [1.29, 1.82) is 0 Å². The molecule has 0 fully saturated rings. The number of hydrogen-bond donors (Lipinski definition) is 9. The summed E-state index contributed by atoms with van der Waals surface area (Å²) in [6, 6.07) is -2.16. The molecule has 27 heavy (non-hydrogen) atoms. The van der Waals surface area contributed by atoms with Gasteiger partial charge in [-0.1, -0.05) is 0 Å². The van der Waals surface area contributed by atoms with E-state index in [1.807, 2.05) is 0 Å². The molecule has 0 radical (unpaired) electrons. The number of hydrogen-bond acceptors (Lipinski definition) is 7. The minimum absolute atomic E-state index is 0.163. The summed E-state index contributed by atoms with van der Waals surface area (Å²) in [5, 5.41) is 9.22. The summed E-state index contributed by atoms with van der Waals surface area (Å²) in [6.45, 7) is -1.11. The van der Waals surface area contributed by atoms with Gasteiger partial charge in [0.25, 0.3) is 0 Å². The molecule has 16 nitrogen and oxygen atoms in total. The van der Waals surface area contributed by atoms with Gasteiger partial charge in [0.05, 0.1) is 0 Å². The van der Waals surface area contributed by atoms with E-state index in [1.54, 1.807) is 0 Å². The van der Waals surface area contributed by atoms with E-state index in [-0.39, 0.29) is 4.90 Å². The summed E-state index contributed by atoms with van der Waals surface area (Å²) >= 11 is 0. The molecule has 0 amide bonds. The van der Waals surface area contributed by atoms with Gasteiger partial charge < -0.3 is 44.3 Å². The van der Waals surface area contributed by atoms with Gasteiger partial charge >= 0.3 is 36.4 Å². The van der Waals surface area contributed by atoms with Crippen LogP contribution in [0, 0.1) is 0 Å². The fourth-order valence-corrected chi connectivity index (χ4v) is 5.32. The fourth-order valence-electron chi connectivity index (χ4n) is 1.99. The number of carboxylic acid groups (broad SMARTS) is 1. The van der Waals surface area contributed by atoms with Gasteiger partial charge in [-0.05, 0) is 0 Å². The van der Waals surface area contributed by atoms with E-state index in [2.05, 4.69) is 0 Å². The molecule has 0 rings (SSSR count). The molecule has 0 bridgehead atoms. The number of aliphatic carboxylic acids is 1. The quantitative estimate of drug-likeness (QED) is 0.131. The number of rotatable bonds is 12. The molecule has 0 aromatic heterocycles. The molecule has 0 spiro atoms. The molecule has 0 aliphatic heterocycles. The van der Waals surface area contributed by atoms with E-state index in [4.69, 9.17) is 39.1 Å². The Labute approximate surface area is 152 Å². The zero-order valence-electron chi connectivity index (χ0n) is 13.4. The minimum Gasteiger partial charge on any atom is -0.480 e. The van der Waals surface area contributed by atoms with Gasteiger partial charge in [-0.3, -0.25) is 32.9 Å². The average Bonchev–Trinajstić information content (AvgIpc) is 2.26. The Hall–Kier alpha value is -0.0100. The van der Waals surface area contributed by atoms with Crippen LogP contribution in [0.3, 0.4) is 0 Å². The number of nitrogens with zero attached hydrogens (tertiary/aromatic N) is 2. The monoisotopic (exact) mass is 480 g/mol. The average molecular weight is 480 g/mol. The fraction of sp³-hybridized carbons (Fsp3) is 0.857. The maximum absolute atomic E-state index is 11.4. The Balaban J connectivity index is 5.84. The summed E-state index contributed by atoms with van der Waals surface area (Å²) in [4.78, 5) is 83.7.